The van der Waals surface area contributed by atoms with Gasteiger partial charge in [-0.05, 0) is 30.0 Å². The van der Waals surface area contributed by atoms with Gasteiger partial charge < -0.3 is 19.3 Å². The molecule has 156 valence electrons. The van der Waals surface area contributed by atoms with Gasteiger partial charge in [0.1, 0.15) is 17.0 Å². The highest BCUT2D eigenvalue weighted by atomic mass is 32.1. The van der Waals surface area contributed by atoms with Gasteiger partial charge in [-0.3, -0.25) is 4.79 Å². The van der Waals surface area contributed by atoms with Crippen molar-refractivity contribution in [2.75, 3.05) is 45.3 Å². The molecule has 0 N–H and O–H groups in total. The third-order valence-electron chi connectivity index (χ3n) is 5.27. The molecule has 7 nitrogen and oxygen atoms in total. The number of hydrogen-bond donors (Lipinski definition) is 0. The smallest absolute Gasteiger partial charge is 0.254 e. The van der Waals surface area contributed by atoms with Gasteiger partial charge in [0, 0.05) is 37.3 Å². The summed E-state index contributed by atoms with van der Waals surface area (Å²) in [6, 6.07) is 5.67. The zero-order valence-corrected chi connectivity index (χ0v) is 17.9. The number of carbonyl (C=O) groups is 1. The fraction of sp³-hybridized carbons (Fsp3) is 0.318. The number of amides is 1. The number of carbonyl (C=O) groups excluding carboxylic acids is 1. The lowest BCUT2D eigenvalue weighted by atomic mass is 10.0. The molecule has 0 bridgehead atoms. The molecular formula is C22H24N4O3S. The minimum Gasteiger partial charge on any atom is -0.493 e. The van der Waals surface area contributed by atoms with E-state index in [9.17, 15) is 4.79 Å². The van der Waals surface area contributed by atoms with Gasteiger partial charge in [-0.2, -0.15) is 0 Å². The van der Waals surface area contributed by atoms with E-state index in [1.807, 2.05) is 16.3 Å². The van der Waals surface area contributed by atoms with Crippen LogP contribution < -0.4 is 14.4 Å². The Balaban J connectivity index is 1.52. The summed E-state index contributed by atoms with van der Waals surface area (Å²) in [4.78, 5) is 27.1. The van der Waals surface area contributed by atoms with Crippen molar-refractivity contribution in [3.63, 3.8) is 0 Å². The molecule has 3 heterocycles. The summed E-state index contributed by atoms with van der Waals surface area (Å²) < 4.78 is 10.9. The Morgan fingerprint density at radius 3 is 2.70 bits per heavy atom. The van der Waals surface area contributed by atoms with Crippen LogP contribution in [0.3, 0.4) is 0 Å². The van der Waals surface area contributed by atoms with Gasteiger partial charge >= 0.3 is 0 Å². The van der Waals surface area contributed by atoms with Crippen molar-refractivity contribution in [1.82, 2.24) is 14.9 Å². The van der Waals surface area contributed by atoms with Crippen LogP contribution in [0.25, 0.3) is 10.2 Å². The van der Waals surface area contributed by atoms with Crippen molar-refractivity contribution >= 4 is 33.3 Å². The summed E-state index contributed by atoms with van der Waals surface area (Å²) in [6.07, 6.45) is 3.99. The van der Waals surface area contributed by atoms with Gasteiger partial charge in [0.05, 0.1) is 19.6 Å². The number of hydrogen-bond acceptors (Lipinski definition) is 7. The zero-order valence-electron chi connectivity index (χ0n) is 17.1. The summed E-state index contributed by atoms with van der Waals surface area (Å²) in [5.74, 6) is 2.12. The molecule has 1 aliphatic heterocycles. The molecule has 1 aromatic carbocycles. The van der Waals surface area contributed by atoms with Crippen LogP contribution in [-0.2, 0) is 6.42 Å². The molecule has 0 atom stereocenters. The van der Waals surface area contributed by atoms with Crippen LogP contribution >= 0.6 is 11.3 Å². The number of allylic oxidation sites excluding steroid dienone is 1. The van der Waals surface area contributed by atoms with Crippen molar-refractivity contribution < 1.29 is 14.3 Å². The molecule has 1 saturated heterocycles. The quantitative estimate of drug-likeness (QED) is 0.565. The lowest BCUT2D eigenvalue weighted by molar-refractivity contribution is 0.0746. The predicted octanol–water partition coefficient (Wildman–Crippen LogP) is 3.40. The number of piperazine rings is 1. The Morgan fingerprint density at radius 1 is 1.20 bits per heavy atom. The lowest BCUT2D eigenvalue weighted by Crippen LogP contribution is -2.49. The Morgan fingerprint density at radius 2 is 2.00 bits per heavy atom. The minimum absolute atomic E-state index is 0.00992. The number of ether oxygens (including phenoxy) is 2. The van der Waals surface area contributed by atoms with Gasteiger partial charge in [0.2, 0.25) is 0 Å². The first-order valence-electron chi connectivity index (χ1n) is 9.74. The highest BCUT2D eigenvalue weighted by molar-refractivity contribution is 7.16. The fourth-order valence-corrected chi connectivity index (χ4v) is 4.53. The lowest BCUT2D eigenvalue weighted by Gasteiger charge is -2.35. The number of fused-ring (bicyclic) bond motifs is 1. The molecule has 3 aromatic rings. The Bertz CT molecular complexity index is 1070. The van der Waals surface area contributed by atoms with Crippen LogP contribution in [-0.4, -0.2) is 61.2 Å². The van der Waals surface area contributed by atoms with E-state index in [2.05, 4.69) is 27.5 Å². The minimum atomic E-state index is -0.00992. The van der Waals surface area contributed by atoms with Crippen LogP contribution in [0.5, 0.6) is 11.5 Å². The second-order valence-electron chi connectivity index (χ2n) is 6.98. The number of thiophene rings is 1. The third-order valence-corrected chi connectivity index (χ3v) is 6.09. The molecule has 4 rings (SSSR count). The van der Waals surface area contributed by atoms with E-state index in [0.29, 0.717) is 36.6 Å². The van der Waals surface area contributed by atoms with Crippen molar-refractivity contribution in [3.05, 3.63) is 53.7 Å². The van der Waals surface area contributed by atoms with E-state index in [1.165, 1.54) is 0 Å². The highest BCUT2D eigenvalue weighted by Crippen LogP contribution is 2.34. The van der Waals surface area contributed by atoms with Crippen LogP contribution in [0.15, 0.2) is 42.6 Å². The average Bonchev–Trinajstić information content (AvgIpc) is 3.27. The Hall–Kier alpha value is -3.13. The number of nitrogens with zero attached hydrogens (tertiary/aromatic N) is 4. The van der Waals surface area contributed by atoms with Crippen LogP contribution in [0, 0.1) is 0 Å². The van der Waals surface area contributed by atoms with Gasteiger partial charge in [-0.1, -0.05) is 6.08 Å². The van der Waals surface area contributed by atoms with Crippen LogP contribution in [0.1, 0.15) is 15.9 Å². The molecular weight excluding hydrogens is 400 g/mol. The van der Waals surface area contributed by atoms with E-state index >= 15 is 0 Å². The summed E-state index contributed by atoms with van der Waals surface area (Å²) in [6.45, 7) is 6.49. The average molecular weight is 425 g/mol. The second-order valence-corrected chi connectivity index (χ2v) is 7.87. The first-order valence-corrected chi connectivity index (χ1v) is 10.6. The zero-order chi connectivity index (χ0) is 21.1. The van der Waals surface area contributed by atoms with Gasteiger partial charge in [0.25, 0.3) is 5.91 Å². The molecule has 0 saturated carbocycles. The normalized spacial score (nSPS) is 14.1. The predicted molar refractivity (Wildman–Crippen MR) is 119 cm³/mol. The number of rotatable bonds is 6. The Kier molecular flexibility index (Phi) is 5.85. The molecule has 1 amide bonds. The fourth-order valence-electron chi connectivity index (χ4n) is 3.81. The maximum atomic E-state index is 13.2. The number of benzene rings is 1. The van der Waals surface area contributed by atoms with Crippen molar-refractivity contribution in [2.45, 2.75) is 6.42 Å². The third kappa shape index (κ3) is 3.70. The molecule has 30 heavy (non-hydrogen) atoms. The van der Waals surface area contributed by atoms with Gasteiger partial charge in [-0.15, -0.1) is 17.9 Å². The molecule has 8 heteroatoms. The van der Waals surface area contributed by atoms with Crippen LogP contribution in [0.4, 0.5) is 5.82 Å². The number of aromatic nitrogens is 2. The maximum Gasteiger partial charge on any atom is 0.254 e. The van der Waals surface area contributed by atoms with Crippen molar-refractivity contribution in [3.8, 4) is 11.5 Å². The molecule has 0 unspecified atom stereocenters. The first kappa shape index (κ1) is 20.2. The topological polar surface area (TPSA) is 67.8 Å². The Labute approximate surface area is 179 Å². The molecule has 1 fully saturated rings. The van der Waals surface area contributed by atoms with E-state index in [0.717, 1.165) is 34.7 Å². The van der Waals surface area contributed by atoms with Crippen LogP contribution in [0.2, 0.25) is 0 Å². The second kappa shape index (κ2) is 8.71. The van der Waals surface area contributed by atoms with Gasteiger partial charge in [-0.25, -0.2) is 9.97 Å². The van der Waals surface area contributed by atoms with E-state index < -0.39 is 0 Å². The van der Waals surface area contributed by atoms with E-state index in [4.69, 9.17) is 9.47 Å². The molecule has 0 spiro atoms. The summed E-state index contributed by atoms with van der Waals surface area (Å²) in [5, 5.41) is 3.09. The summed E-state index contributed by atoms with van der Waals surface area (Å²) >= 11 is 1.61. The SMILES string of the molecule is C=CCc1cc(C(=O)N2CCN(c3ncnc4sccc34)CC2)cc(OC)c1OC. The molecule has 0 aliphatic carbocycles. The first-order chi connectivity index (χ1) is 14.7. The summed E-state index contributed by atoms with van der Waals surface area (Å²) in [7, 11) is 3.18. The molecule has 2 aromatic heterocycles. The standard InChI is InChI=1S/C22H24N4O3S/c1-4-5-15-12-16(13-18(28-2)19(15)29-3)22(27)26-9-7-25(8-10-26)20-17-6-11-30-21(17)24-14-23-20/h4,6,11-14H,1,5,7-10H2,2-3H3. The van der Waals surface area contributed by atoms with Gasteiger partial charge in [0.15, 0.2) is 11.5 Å². The largest absolute Gasteiger partial charge is 0.493 e. The molecule has 0 radical (unpaired) electrons. The number of methoxy groups -OCH3 is 2. The highest BCUT2D eigenvalue weighted by Gasteiger charge is 2.25. The van der Waals surface area contributed by atoms with E-state index in [1.54, 1.807) is 44.0 Å². The summed E-state index contributed by atoms with van der Waals surface area (Å²) in [5.41, 5.74) is 1.48. The van der Waals surface area contributed by atoms with E-state index in [-0.39, 0.29) is 5.91 Å². The maximum absolute atomic E-state index is 13.2. The monoisotopic (exact) mass is 424 g/mol. The van der Waals surface area contributed by atoms with Crippen molar-refractivity contribution in [2.24, 2.45) is 0 Å². The number of anilines is 1. The molecule has 1 aliphatic rings. The van der Waals surface area contributed by atoms with Crippen molar-refractivity contribution in [1.29, 1.82) is 0 Å².